The number of hydrogen-bond donors (Lipinski definition) is 2. The van der Waals surface area contributed by atoms with E-state index in [1.165, 1.54) is 0 Å². The second-order valence-corrected chi connectivity index (χ2v) is 7.64. The molecular weight excluding hydrogens is 266 g/mol. The minimum absolute atomic E-state index is 0.0873. The van der Waals surface area contributed by atoms with Crippen LogP contribution in [0.25, 0.3) is 0 Å². The van der Waals surface area contributed by atoms with E-state index in [9.17, 15) is 9.59 Å². The first-order valence-corrected chi connectivity index (χ1v) is 7.99. The summed E-state index contributed by atoms with van der Waals surface area (Å²) < 4.78 is 0. The van der Waals surface area contributed by atoms with Crippen LogP contribution in [0.4, 0.5) is 4.79 Å². The number of nitrogens with zero attached hydrogens (tertiary/aromatic N) is 1. The summed E-state index contributed by atoms with van der Waals surface area (Å²) >= 11 is 0. The fraction of sp³-hybridized carbons (Fsp3) is 0.875. The molecule has 1 aliphatic rings. The topological polar surface area (TPSA) is 61.4 Å². The standard InChI is InChI=1S/C16H31N3O2/c1-12(2)10-14(20)19-8-6-13(7-9-19)18-15(21)17-11-16(3,4)5/h12-13H,6-11H2,1-5H3,(H2,17,18,21). The zero-order valence-corrected chi connectivity index (χ0v) is 14.2. The second kappa shape index (κ2) is 7.66. The highest BCUT2D eigenvalue weighted by atomic mass is 16.2. The van der Waals surface area contributed by atoms with Crippen LogP contribution in [0, 0.1) is 11.3 Å². The van der Waals surface area contributed by atoms with Crippen LogP contribution >= 0.6 is 0 Å². The minimum Gasteiger partial charge on any atom is -0.343 e. The number of carbonyl (C=O) groups excluding carboxylic acids is 2. The van der Waals surface area contributed by atoms with Gasteiger partial charge in [0.25, 0.3) is 0 Å². The number of amides is 3. The van der Waals surface area contributed by atoms with Crippen LogP contribution in [0.15, 0.2) is 0 Å². The largest absolute Gasteiger partial charge is 0.343 e. The Labute approximate surface area is 128 Å². The number of rotatable bonds is 4. The Morgan fingerprint density at radius 2 is 1.76 bits per heavy atom. The van der Waals surface area contributed by atoms with Crippen LogP contribution in [0.1, 0.15) is 53.9 Å². The summed E-state index contributed by atoms with van der Waals surface area (Å²) in [5.74, 6) is 0.636. The highest BCUT2D eigenvalue weighted by molar-refractivity contribution is 5.76. The molecule has 0 aromatic heterocycles. The molecule has 1 aliphatic heterocycles. The molecule has 1 heterocycles. The molecule has 1 fully saturated rings. The maximum Gasteiger partial charge on any atom is 0.315 e. The number of nitrogens with one attached hydrogen (secondary N) is 2. The third kappa shape index (κ3) is 7.34. The van der Waals surface area contributed by atoms with Crippen LogP contribution in [-0.4, -0.2) is 42.5 Å². The van der Waals surface area contributed by atoms with Gasteiger partial charge in [-0.1, -0.05) is 34.6 Å². The number of hydrogen-bond acceptors (Lipinski definition) is 2. The van der Waals surface area contributed by atoms with Crippen molar-refractivity contribution in [1.82, 2.24) is 15.5 Å². The van der Waals surface area contributed by atoms with E-state index in [4.69, 9.17) is 0 Å². The first-order chi connectivity index (χ1) is 9.67. The molecule has 0 atom stereocenters. The van der Waals surface area contributed by atoms with Gasteiger partial charge < -0.3 is 15.5 Å². The average molecular weight is 297 g/mol. The summed E-state index contributed by atoms with van der Waals surface area (Å²) in [6.45, 7) is 12.5. The number of likely N-dealkylation sites (tertiary alicyclic amines) is 1. The highest BCUT2D eigenvalue weighted by Crippen LogP contribution is 2.14. The summed E-state index contributed by atoms with van der Waals surface area (Å²) in [7, 11) is 0. The molecule has 21 heavy (non-hydrogen) atoms. The predicted molar refractivity (Wildman–Crippen MR) is 85.0 cm³/mol. The van der Waals surface area contributed by atoms with Gasteiger partial charge in [0.1, 0.15) is 0 Å². The zero-order chi connectivity index (χ0) is 16.0. The van der Waals surface area contributed by atoms with Gasteiger partial charge in [0.15, 0.2) is 0 Å². The highest BCUT2D eigenvalue weighted by Gasteiger charge is 2.24. The smallest absolute Gasteiger partial charge is 0.315 e. The molecule has 0 aliphatic carbocycles. The van der Waals surface area contributed by atoms with Crippen molar-refractivity contribution in [1.29, 1.82) is 0 Å². The fourth-order valence-corrected chi connectivity index (χ4v) is 2.33. The Balaban J connectivity index is 2.27. The van der Waals surface area contributed by atoms with E-state index in [2.05, 4.69) is 45.3 Å². The molecule has 0 aromatic carbocycles. The molecule has 122 valence electrons. The van der Waals surface area contributed by atoms with Crippen molar-refractivity contribution in [3.05, 3.63) is 0 Å². The van der Waals surface area contributed by atoms with E-state index >= 15 is 0 Å². The molecular formula is C16H31N3O2. The van der Waals surface area contributed by atoms with E-state index in [-0.39, 0.29) is 23.4 Å². The quantitative estimate of drug-likeness (QED) is 0.837. The molecule has 1 saturated heterocycles. The maximum atomic E-state index is 12.0. The van der Waals surface area contributed by atoms with Crippen molar-refractivity contribution < 1.29 is 9.59 Å². The van der Waals surface area contributed by atoms with Gasteiger partial charge in [0.05, 0.1) is 0 Å². The Hall–Kier alpha value is -1.26. The van der Waals surface area contributed by atoms with Gasteiger partial charge in [-0.25, -0.2) is 4.79 Å². The van der Waals surface area contributed by atoms with Crippen molar-refractivity contribution >= 4 is 11.9 Å². The van der Waals surface area contributed by atoms with Gasteiger partial charge in [-0.3, -0.25) is 4.79 Å². The van der Waals surface area contributed by atoms with Crippen molar-refractivity contribution in [2.75, 3.05) is 19.6 Å². The molecule has 5 heteroatoms. The third-order valence-corrected chi connectivity index (χ3v) is 3.55. The molecule has 0 saturated carbocycles. The van der Waals surface area contributed by atoms with Crippen LogP contribution in [0.3, 0.4) is 0 Å². The molecule has 5 nitrogen and oxygen atoms in total. The van der Waals surface area contributed by atoms with E-state index in [1.807, 2.05) is 4.90 Å². The number of urea groups is 1. The van der Waals surface area contributed by atoms with Gasteiger partial charge in [-0.15, -0.1) is 0 Å². The minimum atomic E-state index is -0.100. The van der Waals surface area contributed by atoms with Crippen molar-refractivity contribution in [3.8, 4) is 0 Å². The van der Waals surface area contributed by atoms with Gasteiger partial charge in [-0.05, 0) is 24.2 Å². The molecule has 0 spiro atoms. The van der Waals surface area contributed by atoms with Crippen molar-refractivity contribution in [2.45, 2.75) is 59.9 Å². The Morgan fingerprint density at radius 3 is 2.24 bits per heavy atom. The number of carbonyl (C=O) groups is 2. The van der Waals surface area contributed by atoms with E-state index in [0.717, 1.165) is 25.9 Å². The van der Waals surface area contributed by atoms with Gasteiger partial charge in [-0.2, -0.15) is 0 Å². The fourth-order valence-electron chi connectivity index (χ4n) is 2.33. The molecule has 2 N–H and O–H groups in total. The summed E-state index contributed by atoms with van der Waals surface area (Å²) in [4.78, 5) is 25.7. The van der Waals surface area contributed by atoms with Gasteiger partial charge in [0.2, 0.25) is 5.91 Å². The summed E-state index contributed by atoms with van der Waals surface area (Å²) in [6, 6.07) is 0.0740. The van der Waals surface area contributed by atoms with E-state index in [0.29, 0.717) is 18.9 Å². The SMILES string of the molecule is CC(C)CC(=O)N1CCC(NC(=O)NCC(C)(C)C)CC1. The number of piperidine rings is 1. The first-order valence-electron chi connectivity index (χ1n) is 7.99. The lowest BCUT2D eigenvalue weighted by Crippen LogP contribution is -2.50. The lowest BCUT2D eigenvalue weighted by Gasteiger charge is -2.33. The van der Waals surface area contributed by atoms with E-state index in [1.54, 1.807) is 0 Å². The molecule has 0 unspecified atom stereocenters. The third-order valence-electron chi connectivity index (χ3n) is 3.55. The molecule has 0 radical (unpaired) electrons. The summed E-state index contributed by atoms with van der Waals surface area (Å²) in [5, 5.41) is 5.90. The van der Waals surface area contributed by atoms with Crippen molar-refractivity contribution in [3.63, 3.8) is 0 Å². The lowest BCUT2D eigenvalue weighted by molar-refractivity contribution is -0.133. The first kappa shape index (κ1) is 17.8. The molecule has 1 rings (SSSR count). The Bertz CT molecular complexity index is 353. The molecule has 0 aromatic rings. The second-order valence-electron chi connectivity index (χ2n) is 7.64. The molecule has 3 amide bonds. The monoisotopic (exact) mass is 297 g/mol. The van der Waals surface area contributed by atoms with Crippen LogP contribution in [0.2, 0.25) is 0 Å². The normalized spacial score (nSPS) is 17.0. The van der Waals surface area contributed by atoms with Crippen LogP contribution in [0.5, 0.6) is 0 Å². The van der Waals surface area contributed by atoms with Crippen LogP contribution in [-0.2, 0) is 4.79 Å². The van der Waals surface area contributed by atoms with Crippen LogP contribution < -0.4 is 10.6 Å². The van der Waals surface area contributed by atoms with Gasteiger partial charge in [0, 0.05) is 32.1 Å². The zero-order valence-electron chi connectivity index (χ0n) is 14.2. The van der Waals surface area contributed by atoms with E-state index < -0.39 is 0 Å². The summed E-state index contributed by atoms with van der Waals surface area (Å²) in [5.41, 5.74) is 0.0873. The average Bonchev–Trinajstić information content (AvgIpc) is 2.35. The predicted octanol–water partition coefficient (Wildman–Crippen LogP) is 2.37. The maximum absolute atomic E-state index is 12.0. The van der Waals surface area contributed by atoms with Gasteiger partial charge >= 0.3 is 6.03 Å². The summed E-state index contributed by atoms with van der Waals surface area (Å²) in [6.07, 6.45) is 2.30. The Kier molecular flexibility index (Phi) is 6.49. The Morgan fingerprint density at radius 1 is 1.19 bits per heavy atom. The lowest BCUT2D eigenvalue weighted by atomic mass is 9.97. The van der Waals surface area contributed by atoms with Crippen molar-refractivity contribution in [2.24, 2.45) is 11.3 Å². The molecule has 0 bridgehead atoms.